The van der Waals surface area contributed by atoms with Crippen LogP contribution in [0.4, 0.5) is 0 Å². The molecule has 0 spiro atoms. The summed E-state index contributed by atoms with van der Waals surface area (Å²) in [6.45, 7) is 7.21. The Labute approximate surface area is 105 Å². The van der Waals surface area contributed by atoms with Crippen molar-refractivity contribution in [2.75, 3.05) is 7.05 Å². The lowest BCUT2D eigenvalue weighted by atomic mass is 9.68. The Morgan fingerprint density at radius 1 is 1.29 bits per heavy atom. The molecule has 0 bridgehead atoms. The number of hydrogen-bond acceptors (Lipinski definition) is 1. The van der Waals surface area contributed by atoms with Gasteiger partial charge < -0.3 is 5.32 Å². The topological polar surface area (TPSA) is 12.0 Å². The van der Waals surface area contributed by atoms with E-state index < -0.39 is 0 Å². The van der Waals surface area contributed by atoms with Crippen LogP contribution >= 0.6 is 0 Å². The van der Waals surface area contributed by atoms with Crippen molar-refractivity contribution in [2.45, 2.75) is 51.0 Å². The summed E-state index contributed by atoms with van der Waals surface area (Å²) in [6.07, 6.45) is 2.69. The summed E-state index contributed by atoms with van der Waals surface area (Å²) in [5, 5.41) is 3.52. The highest BCUT2D eigenvalue weighted by Crippen LogP contribution is 2.54. The number of benzene rings is 1. The van der Waals surface area contributed by atoms with Crippen LogP contribution in [0.1, 0.15) is 62.3 Å². The molecule has 92 valence electrons. The molecular weight excluding hydrogens is 206 g/mol. The minimum atomic E-state index is 0.365. The molecule has 3 unspecified atom stereocenters. The second-order valence-corrected chi connectivity index (χ2v) is 6.46. The van der Waals surface area contributed by atoms with Gasteiger partial charge in [-0.1, -0.05) is 39.0 Å². The summed E-state index contributed by atoms with van der Waals surface area (Å²) < 4.78 is 0. The van der Waals surface area contributed by atoms with Crippen LogP contribution in [-0.2, 0) is 5.41 Å². The van der Waals surface area contributed by atoms with E-state index in [4.69, 9.17) is 0 Å². The van der Waals surface area contributed by atoms with Gasteiger partial charge in [0.05, 0.1) is 0 Å². The minimum absolute atomic E-state index is 0.365. The molecule has 1 aromatic carbocycles. The molecule has 3 atom stereocenters. The van der Waals surface area contributed by atoms with Gasteiger partial charge in [-0.05, 0) is 53.8 Å². The zero-order chi connectivity index (χ0) is 12.2. The van der Waals surface area contributed by atoms with Crippen molar-refractivity contribution in [3.8, 4) is 0 Å². The average Bonchev–Trinajstić information content (AvgIpc) is 2.57. The molecule has 1 aromatic rings. The van der Waals surface area contributed by atoms with Crippen LogP contribution in [0.5, 0.6) is 0 Å². The van der Waals surface area contributed by atoms with E-state index in [1.807, 2.05) is 0 Å². The summed E-state index contributed by atoms with van der Waals surface area (Å²) >= 11 is 0. The van der Waals surface area contributed by atoms with E-state index in [9.17, 15) is 0 Å². The highest BCUT2D eigenvalue weighted by Gasteiger charge is 2.44. The molecule has 2 aliphatic carbocycles. The lowest BCUT2D eigenvalue weighted by Gasteiger charge is -2.36. The van der Waals surface area contributed by atoms with E-state index in [1.165, 1.54) is 12.8 Å². The molecule has 0 saturated carbocycles. The van der Waals surface area contributed by atoms with Crippen molar-refractivity contribution in [1.82, 2.24) is 5.32 Å². The standard InChI is InChI=1S/C16H23N/c1-10-11-8-9-16(2,3)13-7-5-6-12(14(11)13)15(10)17-4/h5-7,10-11,15,17H,8-9H2,1-4H3. The number of nitrogens with one attached hydrogen (secondary N) is 1. The molecule has 1 heteroatoms. The summed E-state index contributed by atoms with van der Waals surface area (Å²) in [5.41, 5.74) is 5.21. The Morgan fingerprint density at radius 3 is 2.76 bits per heavy atom. The molecule has 0 fully saturated rings. The maximum atomic E-state index is 3.52. The van der Waals surface area contributed by atoms with Gasteiger partial charge in [-0.3, -0.25) is 0 Å². The van der Waals surface area contributed by atoms with Crippen molar-refractivity contribution >= 4 is 0 Å². The predicted molar refractivity (Wildman–Crippen MR) is 72.4 cm³/mol. The van der Waals surface area contributed by atoms with Gasteiger partial charge >= 0.3 is 0 Å². The van der Waals surface area contributed by atoms with Crippen LogP contribution in [0.15, 0.2) is 18.2 Å². The van der Waals surface area contributed by atoms with E-state index in [2.05, 4.69) is 51.3 Å². The first kappa shape index (κ1) is 11.3. The molecule has 2 aliphatic rings. The molecule has 17 heavy (non-hydrogen) atoms. The Bertz CT molecular complexity index is 447. The second kappa shape index (κ2) is 3.58. The van der Waals surface area contributed by atoms with Crippen molar-refractivity contribution in [3.63, 3.8) is 0 Å². The Hall–Kier alpha value is -0.820. The van der Waals surface area contributed by atoms with Crippen LogP contribution in [0.3, 0.4) is 0 Å². The van der Waals surface area contributed by atoms with Gasteiger partial charge in [0.2, 0.25) is 0 Å². The lowest BCUT2D eigenvalue weighted by molar-refractivity contribution is 0.320. The van der Waals surface area contributed by atoms with Gasteiger partial charge in [0.1, 0.15) is 0 Å². The van der Waals surface area contributed by atoms with Crippen LogP contribution in [-0.4, -0.2) is 7.05 Å². The van der Waals surface area contributed by atoms with E-state index in [1.54, 1.807) is 16.7 Å². The van der Waals surface area contributed by atoms with Gasteiger partial charge in [-0.25, -0.2) is 0 Å². The van der Waals surface area contributed by atoms with E-state index in [-0.39, 0.29) is 0 Å². The normalized spacial score (nSPS) is 33.5. The quantitative estimate of drug-likeness (QED) is 0.773. The predicted octanol–water partition coefficient (Wildman–Crippen LogP) is 3.75. The number of hydrogen-bond donors (Lipinski definition) is 1. The van der Waals surface area contributed by atoms with Crippen LogP contribution in [0, 0.1) is 5.92 Å². The third-order valence-electron chi connectivity index (χ3n) is 5.13. The summed E-state index contributed by atoms with van der Waals surface area (Å²) in [4.78, 5) is 0. The fourth-order valence-electron chi connectivity index (χ4n) is 4.11. The van der Waals surface area contributed by atoms with E-state index >= 15 is 0 Å². The smallest absolute Gasteiger partial charge is 0.0352 e. The fraction of sp³-hybridized carbons (Fsp3) is 0.625. The number of rotatable bonds is 1. The average molecular weight is 229 g/mol. The van der Waals surface area contributed by atoms with Gasteiger partial charge in [-0.2, -0.15) is 0 Å². The van der Waals surface area contributed by atoms with Crippen molar-refractivity contribution < 1.29 is 0 Å². The van der Waals surface area contributed by atoms with Crippen LogP contribution in [0.2, 0.25) is 0 Å². The molecule has 0 saturated heterocycles. The van der Waals surface area contributed by atoms with Crippen LogP contribution < -0.4 is 5.32 Å². The molecule has 0 amide bonds. The zero-order valence-corrected chi connectivity index (χ0v) is 11.4. The first-order valence-electron chi connectivity index (χ1n) is 6.87. The first-order valence-corrected chi connectivity index (χ1v) is 6.87. The highest BCUT2D eigenvalue weighted by atomic mass is 14.9. The first-order chi connectivity index (χ1) is 8.06. The molecule has 0 aromatic heterocycles. The van der Waals surface area contributed by atoms with Gasteiger partial charge in [0.25, 0.3) is 0 Å². The highest BCUT2D eigenvalue weighted by molar-refractivity contribution is 5.49. The van der Waals surface area contributed by atoms with Crippen LogP contribution in [0.25, 0.3) is 0 Å². The molecule has 1 nitrogen and oxygen atoms in total. The Morgan fingerprint density at radius 2 is 2.06 bits per heavy atom. The largest absolute Gasteiger partial charge is 0.313 e. The van der Waals surface area contributed by atoms with Gasteiger partial charge in [0.15, 0.2) is 0 Å². The summed E-state index contributed by atoms with van der Waals surface area (Å²) in [5.74, 6) is 1.53. The Balaban J connectivity index is 2.22. The molecular formula is C16H23N. The maximum Gasteiger partial charge on any atom is 0.0352 e. The third-order valence-corrected chi connectivity index (χ3v) is 5.13. The minimum Gasteiger partial charge on any atom is -0.313 e. The SMILES string of the molecule is CNC1c2cccc3c2C(CCC3(C)C)C1C. The molecule has 3 rings (SSSR count). The summed E-state index contributed by atoms with van der Waals surface area (Å²) in [6, 6.07) is 7.50. The van der Waals surface area contributed by atoms with Gasteiger partial charge in [-0.15, -0.1) is 0 Å². The van der Waals surface area contributed by atoms with E-state index in [0.717, 1.165) is 11.8 Å². The molecule has 0 heterocycles. The maximum absolute atomic E-state index is 3.52. The zero-order valence-electron chi connectivity index (χ0n) is 11.4. The summed E-state index contributed by atoms with van der Waals surface area (Å²) in [7, 11) is 2.10. The molecule has 0 radical (unpaired) electrons. The monoisotopic (exact) mass is 229 g/mol. The van der Waals surface area contributed by atoms with Crippen molar-refractivity contribution in [2.24, 2.45) is 5.92 Å². The van der Waals surface area contributed by atoms with Crippen molar-refractivity contribution in [3.05, 3.63) is 34.9 Å². The third kappa shape index (κ3) is 1.41. The lowest BCUT2D eigenvalue weighted by Crippen LogP contribution is -2.27. The molecule has 1 N–H and O–H groups in total. The molecule has 0 aliphatic heterocycles. The Kier molecular flexibility index (Phi) is 2.38. The second-order valence-electron chi connectivity index (χ2n) is 6.46. The van der Waals surface area contributed by atoms with Gasteiger partial charge in [0, 0.05) is 6.04 Å². The fourth-order valence-corrected chi connectivity index (χ4v) is 4.11. The van der Waals surface area contributed by atoms with E-state index in [0.29, 0.717) is 11.5 Å². The van der Waals surface area contributed by atoms with Crippen molar-refractivity contribution in [1.29, 1.82) is 0 Å².